The van der Waals surface area contributed by atoms with Gasteiger partial charge in [-0.25, -0.2) is 9.78 Å². The number of carbonyl (C=O) groups is 2. The van der Waals surface area contributed by atoms with E-state index in [-0.39, 0.29) is 22.8 Å². The van der Waals surface area contributed by atoms with Crippen LogP contribution in [0, 0.1) is 5.92 Å². The molecule has 0 atom stereocenters. The van der Waals surface area contributed by atoms with Crippen LogP contribution in [0.5, 0.6) is 0 Å². The molecule has 1 amide bonds. The van der Waals surface area contributed by atoms with Crippen LogP contribution in [0.25, 0.3) is 0 Å². The summed E-state index contributed by atoms with van der Waals surface area (Å²) in [6.07, 6.45) is 3.16. The Morgan fingerprint density at radius 3 is 2.47 bits per heavy atom. The summed E-state index contributed by atoms with van der Waals surface area (Å²) in [5, 5.41) is 11.7. The Labute approximate surface area is 97.9 Å². The third-order valence-electron chi connectivity index (χ3n) is 3.62. The van der Waals surface area contributed by atoms with Crippen LogP contribution in [0.4, 0.5) is 0 Å². The van der Waals surface area contributed by atoms with E-state index in [9.17, 15) is 9.59 Å². The molecular formula is C12H12N2O3. The van der Waals surface area contributed by atoms with E-state index in [0.29, 0.717) is 0 Å². The zero-order valence-corrected chi connectivity index (χ0v) is 9.14. The number of carboxylic acids is 1. The van der Waals surface area contributed by atoms with Crippen molar-refractivity contribution in [3.8, 4) is 0 Å². The molecule has 0 spiro atoms. The number of rotatable bonds is 3. The van der Waals surface area contributed by atoms with Crippen molar-refractivity contribution in [3.63, 3.8) is 0 Å². The highest BCUT2D eigenvalue weighted by molar-refractivity contribution is 5.94. The van der Waals surface area contributed by atoms with E-state index in [0.717, 1.165) is 25.2 Å². The van der Waals surface area contributed by atoms with Crippen molar-refractivity contribution >= 4 is 11.9 Å². The van der Waals surface area contributed by atoms with Gasteiger partial charge in [0.25, 0.3) is 5.91 Å². The van der Waals surface area contributed by atoms with Crippen molar-refractivity contribution in [1.82, 2.24) is 10.3 Å². The summed E-state index contributed by atoms with van der Waals surface area (Å²) in [4.78, 5) is 26.4. The second-order valence-corrected chi connectivity index (χ2v) is 4.93. The minimum absolute atomic E-state index is 0.0113. The first-order valence-electron chi connectivity index (χ1n) is 5.61. The largest absolute Gasteiger partial charge is 0.477 e. The SMILES string of the molecule is O=C(O)c1cccc(C(=O)NC23CC(C2)C3)n1. The van der Waals surface area contributed by atoms with Crippen LogP contribution in [0.15, 0.2) is 18.2 Å². The van der Waals surface area contributed by atoms with Gasteiger partial charge in [0.05, 0.1) is 0 Å². The van der Waals surface area contributed by atoms with Crippen molar-refractivity contribution in [2.75, 3.05) is 0 Å². The van der Waals surface area contributed by atoms with Gasteiger partial charge in [-0.15, -0.1) is 0 Å². The summed E-state index contributed by atoms with van der Waals surface area (Å²) in [6.45, 7) is 0. The van der Waals surface area contributed by atoms with Crippen LogP contribution in [-0.4, -0.2) is 27.5 Å². The lowest BCUT2D eigenvalue weighted by Gasteiger charge is -2.61. The Kier molecular flexibility index (Phi) is 1.98. The number of carboxylic acid groups (broad SMARTS) is 1. The zero-order chi connectivity index (χ0) is 12.0. The number of hydrogen-bond donors (Lipinski definition) is 2. The molecule has 1 aromatic rings. The van der Waals surface area contributed by atoms with Crippen LogP contribution >= 0.6 is 0 Å². The lowest BCUT2D eigenvalue weighted by molar-refractivity contribution is -0.0439. The zero-order valence-electron chi connectivity index (χ0n) is 9.14. The monoisotopic (exact) mass is 232 g/mol. The fourth-order valence-corrected chi connectivity index (χ4v) is 2.62. The van der Waals surface area contributed by atoms with Crippen LogP contribution < -0.4 is 5.32 Å². The second-order valence-electron chi connectivity index (χ2n) is 4.93. The molecule has 0 saturated heterocycles. The van der Waals surface area contributed by atoms with Crippen molar-refractivity contribution in [2.45, 2.75) is 24.8 Å². The molecule has 2 bridgehead atoms. The average molecular weight is 232 g/mol. The summed E-state index contributed by atoms with van der Waals surface area (Å²) < 4.78 is 0. The Hall–Kier alpha value is -1.91. The highest BCUT2D eigenvalue weighted by atomic mass is 16.4. The van der Waals surface area contributed by atoms with E-state index in [1.165, 1.54) is 18.2 Å². The van der Waals surface area contributed by atoms with E-state index < -0.39 is 5.97 Å². The standard InChI is InChI=1S/C12H12N2O3/c15-10(14-12-4-7(5-12)6-12)8-2-1-3-9(13-8)11(16)17/h1-3,7H,4-6H2,(H,14,15)(H,16,17). The minimum Gasteiger partial charge on any atom is -0.477 e. The number of carbonyl (C=O) groups excluding carboxylic acids is 1. The highest BCUT2D eigenvalue weighted by Crippen LogP contribution is 2.56. The number of hydrogen-bond acceptors (Lipinski definition) is 3. The van der Waals surface area contributed by atoms with Gasteiger partial charge in [0.2, 0.25) is 0 Å². The normalized spacial score (nSPS) is 28.8. The maximum atomic E-state index is 11.9. The Morgan fingerprint density at radius 1 is 1.29 bits per heavy atom. The van der Waals surface area contributed by atoms with Crippen LogP contribution in [0.3, 0.4) is 0 Å². The molecule has 3 aliphatic rings. The molecule has 5 nitrogen and oxygen atoms in total. The highest BCUT2D eigenvalue weighted by Gasteiger charge is 2.57. The van der Waals surface area contributed by atoms with Gasteiger partial charge in [-0.2, -0.15) is 0 Å². The first-order chi connectivity index (χ1) is 8.08. The number of amides is 1. The molecule has 5 heteroatoms. The Bertz CT molecular complexity index is 495. The van der Waals surface area contributed by atoms with Crippen LogP contribution in [0.1, 0.15) is 40.2 Å². The topological polar surface area (TPSA) is 79.3 Å². The van der Waals surface area contributed by atoms with Crippen LogP contribution in [-0.2, 0) is 0 Å². The van der Waals surface area contributed by atoms with Gasteiger partial charge in [0, 0.05) is 5.54 Å². The number of nitrogens with one attached hydrogen (secondary N) is 1. The van der Waals surface area contributed by atoms with Crippen molar-refractivity contribution in [2.24, 2.45) is 5.92 Å². The van der Waals surface area contributed by atoms with Gasteiger partial charge >= 0.3 is 5.97 Å². The minimum atomic E-state index is -1.12. The Balaban J connectivity index is 1.76. The predicted octanol–water partition coefficient (Wildman–Crippen LogP) is 1.06. The van der Waals surface area contributed by atoms with Gasteiger partial charge in [-0.1, -0.05) is 6.07 Å². The van der Waals surface area contributed by atoms with Gasteiger partial charge in [0.1, 0.15) is 11.4 Å². The summed E-state index contributed by atoms with van der Waals surface area (Å²) in [5.74, 6) is -0.606. The molecule has 0 aromatic carbocycles. The lowest BCUT2D eigenvalue weighted by atomic mass is 9.50. The molecular weight excluding hydrogens is 220 g/mol. The molecule has 3 saturated carbocycles. The molecule has 0 unspecified atom stereocenters. The maximum absolute atomic E-state index is 11.9. The van der Waals surface area contributed by atoms with Gasteiger partial charge < -0.3 is 10.4 Å². The predicted molar refractivity (Wildman–Crippen MR) is 58.7 cm³/mol. The summed E-state index contributed by atoms with van der Waals surface area (Å²) in [5.41, 5.74) is 0.0627. The molecule has 88 valence electrons. The number of aromatic nitrogens is 1. The maximum Gasteiger partial charge on any atom is 0.354 e. The molecule has 4 rings (SSSR count). The molecule has 1 heterocycles. The van der Waals surface area contributed by atoms with E-state index in [1.54, 1.807) is 0 Å². The third-order valence-corrected chi connectivity index (χ3v) is 3.62. The fourth-order valence-electron chi connectivity index (χ4n) is 2.62. The van der Waals surface area contributed by atoms with Crippen LogP contribution in [0.2, 0.25) is 0 Å². The Morgan fingerprint density at radius 2 is 1.94 bits per heavy atom. The summed E-state index contributed by atoms with van der Waals surface area (Å²) >= 11 is 0. The van der Waals surface area contributed by atoms with Gasteiger partial charge in [-0.3, -0.25) is 4.79 Å². The molecule has 2 N–H and O–H groups in total. The average Bonchev–Trinajstić information content (AvgIpc) is 2.21. The summed E-state index contributed by atoms with van der Waals surface area (Å²) in [7, 11) is 0. The third kappa shape index (κ3) is 1.58. The van der Waals surface area contributed by atoms with Crippen molar-refractivity contribution in [1.29, 1.82) is 0 Å². The van der Waals surface area contributed by atoms with Gasteiger partial charge in [0.15, 0.2) is 0 Å². The summed E-state index contributed by atoms with van der Waals surface area (Å²) in [6, 6.07) is 4.45. The molecule has 0 aliphatic heterocycles. The van der Waals surface area contributed by atoms with Crippen molar-refractivity contribution < 1.29 is 14.7 Å². The van der Waals surface area contributed by atoms with Gasteiger partial charge in [-0.05, 0) is 37.3 Å². The van der Waals surface area contributed by atoms with E-state index >= 15 is 0 Å². The lowest BCUT2D eigenvalue weighted by Crippen LogP contribution is -2.68. The van der Waals surface area contributed by atoms with E-state index in [4.69, 9.17) is 5.11 Å². The second kappa shape index (κ2) is 3.29. The van der Waals surface area contributed by atoms with E-state index in [2.05, 4.69) is 10.3 Å². The fraction of sp³-hybridized carbons (Fsp3) is 0.417. The first-order valence-corrected chi connectivity index (χ1v) is 5.61. The number of pyridine rings is 1. The van der Waals surface area contributed by atoms with Crippen molar-refractivity contribution in [3.05, 3.63) is 29.6 Å². The molecule has 1 aromatic heterocycles. The molecule has 17 heavy (non-hydrogen) atoms. The first kappa shape index (κ1) is 10.3. The number of aromatic carboxylic acids is 1. The molecule has 3 aliphatic carbocycles. The quantitative estimate of drug-likeness (QED) is 0.816. The number of nitrogens with zero attached hydrogens (tertiary/aromatic N) is 1. The smallest absolute Gasteiger partial charge is 0.354 e. The molecule has 3 fully saturated rings. The molecule has 0 radical (unpaired) electrons. The van der Waals surface area contributed by atoms with E-state index in [1.807, 2.05) is 0 Å².